The lowest BCUT2D eigenvalue weighted by atomic mass is 10.0. The van der Waals surface area contributed by atoms with Crippen molar-refractivity contribution in [2.45, 2.75) is 322 Å². The molecule has 0 aromatic carbocycles. The van der Waals surface area contributed by atoms with E-state index in [1.54, 1.807) is 0 Å². The molecule has 0 rings (SSSR count). The van der Waals surface area contributed by atoms with Gasteiger partial charge in [0.1, 0.15) is 6.10 Å². The van der Waals surface area contributed by atoms with Crippen molar-refractivity contribution in [3.05, 3.63) is 24.3 Å². The summed E-state index contributed by atoms with van der Waals surface area (Å²) in [7, 11) is 0. The van der Waals surface area contributed by atoms with Crippen molar-refractivity contribution in [2.24, 2.45) is 0 Å². The second-order valence-corrected chi connectivity index (χ2v) is 19.4. The van der Waals surface area contributed by atoms with E-state index in [1.165, 1.54) is 199 Å². The summed E-state index contributed by atoms with van der Waals surface area (Å²) in [5.41, 5.74) is 0. The van der Waals surface area contributed by atoms with Crippen LogP contribution in [0.15, 0.2) is 24.3 Å². The third kappa shape index (κ3) is 46.7. The molecular formula is C57H109NO5. The fourth-order valence-electron chi connectivity index (χ4n) is 8.78. The minimum Gasteiger partial charge on any atom is -0.462 e. The number of nitrogens with one attached hydrogen (secondary N) is 1. The molecule has 0 aromatic rings. The van der Waals surface area contributed by atoms with Gasteiger partial charge in [0.05, 0.1) is 25.2 Å². The number of aliphatic hydroxyl groups is 2. The molecule has 0 heterocycles. The van der Waals surface area contributed by atoms with Crippen LogP contribution >= 0.6 is 0 Å². The molecule has 6 nitrogen and oxygen atoms in total. The van der Waals surface area contributed by atoms with E-state index in [9.17, 15) is 19.8 Å². The van der Waals surface area contributed by atoms with Gasteiger partial charge in [0, 0.05) is 6.42 Å². The van der Waals surface area contributed by atoms with Crippen molar-refractivity contribution < 1.29 is 24.5 Å². The molecule has 6 heteroatoms. The lowest BCUT2D eigenvalue weighted by Crippen LogP contribution is -2.46. The van der Waals surface area contributed by atoms with Gasteiger partial charge in [-0.2, -0.15) is 0 Å². The number of hydrogen-bond donors (Lipinski definition) is 3. The van der Waals surface area contributed by atoms with Crippen molar-refractivity contribution >= 4 is 11.9 Å². The van der Waals surface area contributed by atoms with E-state index in [-0.39, 0.29) is 24.9 Å². The van der Waals surface area contributed by atoms with Gasteiger partial charge in [-0.3, -0.25) is 9.59 Å². The lowest BCUT2D eigenvalue weighted by molar-refractivity contribution is -0.151. The third-order valence-corrected chi connectivity index (χ3v) is 13.1. The highest BCUT2D eigenvalue weighted by atomic mass is 16.5. The zero-order chi connectivity index (χ0) is 45.9. The number of hydrogen-bond acceptors (Lipinski definition) is 5. The van der Waals surface area contributed by atoms with Gasteiger partial charge in [-0.15, -0.1) is 0 Å². The SMILES string of the molecule is CCCCCCCCC/C=C/C=C/CCCCCC(=O)OC(CCCCCCCCCCCCC)CC(=O)NC(CO)C(O)CCCCCCCCCCCCCCCCCCC. The maximum atomic E-state index is 13.2. The summed E-state index contributed by atoms with van der Waals surface area (Å²) in [6, 6.07) is -0.702. The number of unbranched alkanes of at least 4 members (excludes halogenated alkanes) is 36. The number of carbonyl (C=O) groups is 2. The minimum atomic E-state index is -0.788. The van der Waals surface area contributed by atoms with Gasteiger partial charge in [-0.05, 0) is 51.4 Å². The van der Waals surface area contributed by atoms with Gasteiger partial charge in [0.25, 0.3) is 0 Å². The Morgan fingerprint density at radius 2 is 0.794 bits per heavy atom. The smallest absolute Gasteiger partial charge is 0.306 e. The van der Waals surface area contributed by atoms with Crippen LogP contribution in [0.5, 0.6) is 0 Å². The second-order valence-electron chi connectivity index (χ2n) is 19.4. The molecule has 0 saturated carbocycles. The van der Waals surface area contributed by atoms with Crippen LogP contribution in [-0.4, -0.2) is 46.9 Å². The first-order valence-corrected chi connectivity index (χ1v) is 28.1. The van der Waals surface area contributed by atoms with E-state index in [1.807, 2.05) is 0 Å². The van der Waals surface area contributed by atoms with Crippen molar-refractivity contribution in [3.63, 3.8) is 0 Å². The van der Waals surface area contributed by atoms with Crippen LogP contribution in [0.1, 0.15) is 303 Å². The van der Waals surface area contributed by atoms with Crippen LogP contribution in [0.2, 0.25) is 0 Å². The van der Waals surface area contributed by atoms with Gasteiger partial charge in [-0.25, -0.2) is 0 Å². The van der Waals surface area contributed by atoms with Crippen LogP contribution in [0.25, 0.3) is 0 Å². The molecule has 0 spiro atoms. The van der Waals surface area contributed by atoms with E-state index >= 15 is 0 Å². The molecule has 63 heavy (non-hydrogen) atoms. The Morgan fingerprint density at radius 1 is 0.460 bits per heavy atom. The van der Waals surface area contributed by atoms with Crippen molar-refractivity contribution in [1.29, 1.82) is 0 Å². The van der Waals surface area contributed by atoms with E-state index in [0.29, 0.717) is 19.3 Å². The average Bonchev–Trinajstić information content (AvgIpc) is 3.28. The molecule has 3 atom stereocenters. The standard InChI is InChI=1S/C57H109NO5/c1-4-7-10-13-16-19-22-24-26-28-29-31-34-37-40-43-46-49-55(60)54(52-59)58-56(61)51-53(48-45-42-39-36-33-21-18-15-12-9-6-3)63-57(62)50-47-44-41-38-35-32-30-27-25-23-20-17-14-11-8-5-2/h27,30,32,35,53-55,59-60H,4-26,28-29,31,33-34,36-52H2,1-3H3,(H,58,61)/b30-27+,35-32+. The highest BCUT2D eigenvalue weighted by Gasteiger charge is 2.24. The molecule has 1 amide bonds. The topological polar surface area (TPSA) is 95.9 Å². The fraction of sp³-hybridized carbons (Fsp3) is 0.895. The Kier molecular flexibility index (Phi) is 50.0. The first-order chi connectivity index (χ1) is 31.0. The molecule has 0 aromatic heterocycles. The molecule has 372 valence electrons. The number of ether oxygens (including phenoxy) is 1. The number of carbonyl (C=O) groups excluding carboxylic acids is 2. The molecule has 0 aliphatic carbocycles. The van der Waals surface area contributed by atoms with Crippen LogP contribution in [0.4, 0.5) is 0 Å². The molecule has 0 radical (unpaired) electrons. The maximum Gasteiger partial charge on any atom is 0.306 e. The first kappa shape index (κ1) is 61.3. The van der Waals surface area contributed by atoms with E-state index in [2.05, 4.69) is 50.4 Å². The van der Waals surface area contributed by atoms with Crippen LogP contribution < -0.4 is 5.32 Å². The van der Waals surface area contributed by atoms with Crippen molar-refractivity contribution in [2.75, 3.05) is 6.61 Å². The highest BCUT2D eigenvalue weighted by Crippen LogP contribution is 2.19. The molecule has 3 unspecified atom stereocenters. The molecule has 0 saturated heterocycles. The van der Waals surface area contributed by atoms with Gasteiger partial charge >= 0.3 is 5.97 Å². The second kappa shape index (κ2) is 51.3. The summed E-state index contributed by atoms with van der Waals surface area (Å²) in [6.45, 7) is 6.50. The van der Waals surface area contributed by atoms with Gasteiger partial charge in [0.2, 0.25) is 5.91 Å². The number of allylic oxidation sites excluding steroid dienone is 4. The molecule has 3 N–H and O–H groups in total. The molecule has 0 aliphatic heterocycles. The largest absolute Gasteiger partial charge is 0.462 e. The Hall–Kier alpha value is -1.66. The Labute approximate surface area is 392 Å². The normalized spacial score (nSPS) is 13.3. The zero-order valence-corrected chi connectivity index (χ0v) is 42.5. The van der Waals surface area contributed by atoms with E-state index in [4.69, 9.17) is 4.74 Å². The predicted octanol–water partition coefficient (Wildman–Crippen LogP) is 17.1. The Morgan fingerprint density at radius 3 is 1.17 bits per heavy atom. The van der Waals surface area contributed by atoms with Crippen molar-refractivity contribution in [3.8, 4) is 0 Å². The highest BCUT2D eigenvalue weighted by molar-refractivity contribution is 5.77. The molecular weight excluding hydrogens is 779 g/mol. The monoisotopic (exact) mass is 888 g/mol. The van der Waals surface area contributed by atoms with Gasteiger partial charge < -0.3 is 20.3 Å². The third-order valence-electron chi connectivity index (χ3n) is 13.1. The summed E-state index contributed by atoms with van der Waals surface area (Å²) < 4.78 is 5.93. The average molecular weight is 889 g/mol. The summed E-state index contributed by atoms with van der Waals surface area (Å²) in [4.78, 5) is 26.2. The fourth-order valence-corrected chi connectivity index (χ4v) is 8.78. The number of amides is 1. The summed E-state index contributed by atoms with van der Waals surface area (Å²) in [6.07, 6.45) is 59.6. The molecule has 0 aliphatic rings. The van der Waals surface area contributed by atoms with Gasteiger partial charge in [-0.1, -0.05) is 263 Å². The number of esters is 1. The lowest BCUT2D eigenvalue weighted by Gasteiger charge is -2.24. The zero-order valence-electron chi connectivity index (χ0n) is 42.5. The molecule has 0 fully saturated rings. The summed E-state index contributed by atoms with van der Waals surface area (Å²) in [5, 5.41) is 23.8. The minimum absolute atomic E-state index is 0.0725. The number of aliphatic hydroxyl groups excluding tert-OH is 2. The van der Waals surface area contributed by atoms with Crippen LogP contribution in [0, 0.1) is 0 Å². The van der Waals surface area contributed by atoms with E-state index in [0.717, 1.165) is 57.8 Å². The van der Waals surface area contributed by atoms with Crippen molar-refractivity contribution in [1.82, 2.24) is 5.32 Å². The van der Waals surface area contributed by atoms with Crippen LogP contribution in [-0.2, 0) is 14.3 Å². The predicted molar refractivity (Wildman–Crippen MR) is 273 cm³/mol. The quantitative estimate of drug-likeness (QED) is 0.0321. The van der Waals surface area contributed by atoms with Crippen LogP contribution in [0.3, 0.4) is 0 Å². The summed E-state index contributed by atoms with van der Waals surface area (Å²) in [5.74, 6) is -0.489. The maximum absolute atomic E-state index is 13.2. The first-order valence-electron chi connectivity index (χ1n) is 28.1. The van der Waals surface area contributed by atoms with E-state index < -0.39 is 18.2 Å². The molecule has 0 bridgehead atoms. The number of rotatable bonds is 51. The Balaban J connectivity index is 4.48. The Bertz CT molecular complexity index is 997. The van der Waals surface area contributed by atoms with Gasteiger partial charge in [0.15, 0.2) is 0 Å². The summed E-state index contributed by atoms with van der Waals surface area (Å²) >= 11 is 0.